The Balaban J connectivity index is 1.59. The summed E-state index contributed by atoms with van der Waals surface area (Å²) in [5.74, 6) is -140. The minimum absolute atomic E-state index is 0.0390. The number of allylic oxidation sites excluding steroid dienone is 10. The Kier molecular flexibility index (Phi) is 31.7. The van der Waals surface area contributed by atoms with Gasteiger partial charge in [0.1, 0.15) is 0 Å². The summed E-state index contributed by atoms with van der Waals surface area (Å²) in [7, 11) is 0. The maximum Gasteiger partial charge on any atom is 0.381 e. The molecule has 2 aromatic rings. The molecule has 0 aromatic heterocycles. The van der Waals surface area contributed by atoms with E-state index in [9.17, 15) is 184 Å². The molecule has 1 aliphatic carbocycles. The fourth-order valence-electron chi connectivity index (χ4n) is 11.8. The molecule has 3 rings (SSSR count). The zero-order valence-electron chi connectivity index (χ0n) is 59.6. The lowest BCUT2D eigenvalue weighted by molar-refractivity contribution is -0.364. The van der Waals surface area contributed by atoms with Gasteiger partial charge >= 0.3 is 41.5 Å². The van der Waals surface area contributed by atoms with E-state index in [4.69, 9.17) is 0 Å². The fourth-order valence-corrected chi connectivity index (χ4v) is 11.8. The third-order valence-corrected chi connectivity index (χ3v) is 16.6. The molecular formula is C70H64F48. The molecule has 0 amide bonds. The van der Waals surface area contributed by atoms with Crippen molar-refractivity contribution in [3.8, 4) is 0 Å². The molecule has 680 valence electrons. The van der Waals surface area contributed by atoms with E-state index in [1.54, 1.807) is 0 Å². The second-order valence-corrected chi connectivity index (χ2v) is 29.0. The summed E-state index contributed by atoms with van der Waals surface area (Å²) >= 11 is 0. The standard InChI is InChI=1S/C70H64F48/c1-3-48(73,74)37-62(101,102)46-22-43-15-16-45(23-44(43)24-46)63(103,104)40-67(111,112)68(113,114)65(107,108)38-53(83,84)26-42-14-12-13-41(21-42)25-52(81,82)31-57(91,92)34-59(95,96)35-58(93,94)32-55(87,88)29-50(77,78)18-9-7-10-19-51(79,80)30-56(89,90)33-60(97,98)36-61(99,100)39-66(109,110)70(117,118)69(115,116)64(105,106)20-11-6-4-5-8-17-49(75,76)28-54(85,86)27-47(2,71)72/h4-16,18,20-24,46H,3,17,19,25-40H2,1-2H3/b6-4-,8-5+,10-7-,18-9+,20-11+. The van der Waals surface area contributed by atoms with Crippen LogP contribution in [0.25, 0.3) is 12.2 Å². The highest BCUT2D eigenvalue weighted by Crippen LogP contribution is 2.59. The average molecular weight is 1820 g/mol. The number of hydrogen-bond acceptors (Lipinski definition) is 0. The van der Waals surface area contributed by atoms with E-state index < -0.39 is 315 Å². The van der Waals surface area contributed by atoms with Crippen molar-refractivity contribution in [1.29, 1.82) is 0 Å². The summed E-state index contributed by atoms with van der Waals surface area (Å²) in [6.45, 7) is 0.798. The summed E-state index contributed by atoms with van der Waals surface area (Å²) in [5.41, 5.74) is -4.10. The van der Waals surface area contributed by atoms with Gasteiger partial charge in [-0.15, -0.1) is 0 Å². The second-order valence-electron chi connectivity index (χ2n) is 29.0. The number of fused-ring (bicyclic) bond motifs is 1. The molecule has 1 unspecified atom stereocenters. The van der Waals surface area contributed by atoms with Crippen molar-refractivity contribution < 1.29 is 211 Å². The Hall–Kier alpha value is -6.48. The predicted molar refractivity (Wildman–Crippen MR) is 325 cm³/mol. The number of halogens is 48. The molecule has 0 fully saturated rings. The van der Waals surface area contributed by atoms with Crippen LogP contribution in [0.3, 0.4) is 0 Å². The highest BCUT2D eigenvalue weighted by atomic mass is 19.4. The molecule has 0 aliphatic heterocycles. The van der Waals surface area contributed by atoms with E-state index in [-0.39, 0.29) is 61.6 Å². The lowest BCUT2D eigenvalue weighted by Gasteiger charge is -2.37. The predicted octanol–water partition coefficient (Wildman–Crippen LogP) is 27.8. The molecule has 0 saturated carbocycles. The smallest absolute Gasteiger partial charge is 0.207 e. The van der Waals surface area contributed by atoms with Gasteiger partial charge in [-0.3, -0.25) is 0 Å². The minimum Gasteiger partial charge on any atom is -0.207 e. The Labute approximate surface area is 636 Å². The van der Waals surface area contributed by atoms with E-state index in [1.165, 1.54) is 0 Å². The molecule has 1 atom stereocenters. The topological polar surface area (TPSA) is 0 Å². The quantitative estimate of drug-likeness (QED) is 0.0458. The molecular weight excluding hydrogens is 1750 g/mol. The fraction of sp³-hybridized carbons (Fsp3) is 0.657. The van der Waals surface area contributed by atoms with Crippen LogP contribution in [-0.2, 0) is 18.8 Å². The number of hydrogen-bond donors (Lipinski definition) is 0. The normalized spacial score (nSPS) is 16.7. The van der Waals surface area contributed by atoms with Crippen molar-refractivity contribution in [2.45, 2.75) is 278 Å². The highest BCUT2D eigenvalue weighted by molar-refractivity contribution is 5.53. The van der Waals surface area contributed by atoms with Crippen molar-refractivity contribution in [2.75, 3.05) is 0 Å². The molecule has 1 aliphatic rings. The first-order valence-corrected chi connectivity index (χ1v) is 33.3. The van der Waals surface area contributed by atoms with Gasteiger partial charge in [-0.25, -0.2) is 149 Å². The van der Waals surface area contributed by atoms with Gasteiger partial charge in [0, 0.05) is 37.7 Å². The van der Waals surface area contributed by atoms with Crippen LogP contribution in [-0.4, -0.2) is 136 Å². The molecule has 0 N–H and O–H groups in total. The number of rotatable bonds is 49. The Morgan fingerprint density at radius 2 is 0.627 bits per heavy atom. The summed E-state index contributed by atoms with van der Waals surface area (Å²) in [6.07, 6.45) is -56.8. The number of alkyl halides is 48. The summed E-state index contributed by atoms with van der Waals surface area (Å²) in [5, 5.41) is -1.08. The molecule has 118 heavy (non-hydrogen) atoms. The first kappa shape index (κ1) is 106. The first-order valence-electron chi connectivity index (χ1n) is 33.3. The zero-order chi connectivity index (χ0) is 92.3. The van der Waals surface area contributed by atoms with Gasteiger partial charge in [0.25, 0.3) is 101 Å². The van der Waals surface area contributed by atoms with Gasteiger partial charge in [0.05, 0.1) is 95.8 Å². The van der Waals surface area contributed by atoms with Gasteiger partial charge in [-0.05, 0) is 46.7 Å². The van der Waals surface area contributed by atoms with Crippen molar-refractivity contribution in [3.63, 3.8) is 0 Å². The van der Waals surface area contributed by atoms with Crippen molar-refractivity contribution in [3.05, 3.63) is 130 Å². The largest absolute Gasteiger partial charge is 0.381 e. The maximum absolute atomic E-state index is 15.2. The first-order chi connectivity index (χ1) is 52.0. The van der Waals surface area contributed by atoms with Crippen LogP contribution in [0.15, 0.2) is 103 Å². The van der Waals surface area contributed by atoms with Crippen LogP contribution in [0, 0.1) is 5.92 Å². The van der Waals surface area contributed by atoms with Crippen molar-refractivity contribution in [2.24, 2.45) is 5.92 Å². The Bertz CT molecular complexity index is 3910. The Morgan fingerprint density at radius 3 is 1.06 bits per heavy atom. The van der Waals surface area contributed by atoms with Crippen LogP contribution in [0.5, 0.6) is 0 Å². The maximum atomic E-state index is 15.2. The molecule has 0 heterocycles. The molecule has 0 spiro atoms. The second kappa shape index (κ2) is 35.4. The highest BCUT2D eigenvalue weighted by Gasteiger charge is 2.81. The van der Waals surface area contributed by atoms with Crippen LogP contribution in [0.4, 0.5) is 211 Å². The Morgan fingerprint density at radius 1 is 0.288 bits per heavy atom. The number of benzene rings is 2. The van der Waals surface area contributed by atoms with Crippen molar-refractivity contribution >= 4 is 12.2 Å². The van der Waals surface area contributed by atoms with Crippen LogP contribution in [0.2, 0.25) is 0 Å². The van der Waals surface area contributed by atoms with E-state index >= 15 is 26.3 Å². The van der Waals surface area contributed by atoms with E-state index in [0.29, 0.717) is 42.5 Å². The van der Waals surface area contributed by atoms with E-state index in [2.05, 4.69) is 0 Å². The van der Waals surface area contributed by atoms with E-state index in [0.717, 1.165) is 6.92 Å². The SMILES string of the molecule is CCC(F)(F)CC(F)(F)C1C=c2ccc(C(F)(F)CC(F)(F)C(F)(F)C(F)(F)CC(F)(F)Cc3cccc(CC(F)(F)CC(F)(F)CC(F)(F)CC(F)(F)CC(F)(F)CC(F)(F)/C=C/C=C\CC(F)(F)CC(F)(F)CC(F)(F)CC(F)(F)CC(F)(F)C(F)(F)C(F)(F)C(F)(F)/C=C/C=C\C=C\CC(F)(F)CC(F)(F)CC(C)(F)F)c3)cc2=C1. The third kappa shape index (κ3) is 32.1. The van der Waals surface area contributed by atoms with Crippen LogP contribution < -0.4 is 10.4 Å². The van der Waals surface area contributed by atoms with Crippen molar-refractivity contribution in [1.82, 2.24) is 0 Å². The molecule has 0 nitrogen and oxygen atoms in total. The monoisotopic (exact) mass is 1820 g/mol. The molecule has 0 bridgehead atoms. The molecule has 48 heteroatoms. The van der Waals surface area contributed by atoms with Gasteiger partial charge in [0.15, 0.2) is 0 Å². The lowest BCUT2D eigenvalue weighted by Crippen LogP contribution is -2.62. The summed E-state index contributed by atoms with van der Waals surface area (Å²) in [6, 6.07) is 2.16. The molecule has 0 radical (unpaired) electrons. The van der Waals surface area contributed by atoms with Crippen LogP contribution in [0.1, 0.15) is 140 Å². The zero-order valence-corrected chi connectivity index (χ0v) is 59.6. The van der Waals surface area contributed by atoms with Gasteiger partial charge in [-0.1, -0.05) is 104 Å². The van der Waals surface area contributed by atoms with Gasteiger partial charge in [-0.2, -0.15) is 61.5 Å². The van der Waals surface area contributed by atoms with Crippen LogP contribution >= 0.6 is 0 Å². The minimum atomic E-state index is -7.74. The van der Waals surface area contributed by atoms with E-state index in [1.807, 2.05) is 0 Å². The van der Waals surface area contributed by atoms with Gasteiger partial charge < -0.3 is 0 Å². The average Bonchev–Trinajstić information content (AvgIpc) is 0.807. The molecule has 0 saturated heterocycles. The van der Waals surface area contributed by atoms with Gasteiger partial charge in [0.2, 0.25) is 0 Å². The summed E-state index contributed by atoms with van der Waals surface area (Å²) in [4.78, 5) is 0. The lowest BCUT2D eigenvalue weighted by atomic mass is 9.90. The molecule has 2 aromatic carbocycles. The summed E-state index contributed by atoms with van der Waals surface area (Å²) < 4.78 is 694. The third-order valence-electron chi connectivity index (χ3n) is 16.6.